The first-order chi connectivity index (χ1) is 5.55. The summed E-state index contributed by atoms with van der Waals surface area (Å²) in [6, 6.07) is 0. The van der Waals surface area contributed by atoms with Crippen LogP contribution in [-0.2, 0) is 14.3 Å². The Kier molecular flexibility index (Phi) is 2.69. The van der Waals surface area contributed by atoms with Crippen molar-refractivity contribution in [3.05, 3.63) is 0 Å². The van der Waals surface area contributed by atoms with Gasteiger partial charge in [0.05, 0.1) is 12.7 Å². The first kappa shape index (κ1) is 9.48. The van der Waals surface area contributed by atoms with Crippen LogP contribution in [0.4, 0.5) is 0 Å². The number of carbonyl (C=O) groups excluding carboxylic acids is 1. The van der Waals surface area contributed by atoms with Gasteiger partial charge in [-0.05, 0) is 13.8 Å². The second-order valence-corrected chi connectivity index (χ2v) is 3.52. The van der Waals surface area contributed by atoms with Crippen molar-refractivity contribution in [1.29, 1.82) is 0 Å². The highest BCUT2D eigenvalue weighted by atomic mass is 16.6. The van der Waals surface area contributed by atoms with E-state index >= 15 is 0 Å². The lowest BCUT2D eigenvalue weighted by molar-refractivity contribution is -0.169. The van der Waals surface area contributed by atoms with Crippen molar-refractivity contribution in [1.82, 2.24) is 5.32 Å². The van der Waals surface area contributed by atoms with Gasteiger partial charge in [-0.3, -0.25) is 0 Å². The summed E-state index contributed by atoms with van der Waals surface area (Å²) in [4.78, 5) is 11.1. The molecule has 0 amide bonds. The van der Waals surface area contributed by atoms with E-state index in [-0.39, 0.29) is 11.6 Å². The number of ether oxygens (including phenoxy) is 2. The molecule has 1 fully saturated rings. The van der Waals surface area contributed by atoms with Gasteiger partial charge in [-0.1, -0.05) is 0 Å². The van der Waals surface area contributed by atoms with Crippen LogP contribution in [0.25, 0.3) is 0 Å². The lowest BCUT2D eigenvalue weighted by atomic mass is 10.1. The summed E-state index contributed by atoms with van der Waals surface area (Å²) in [5.41, 5.74) is -0.281. The average molecular weight is 173 g/mol. The fourth-order valence-corrected chi connectivity index (χ4v) is 1.24. The molecule has 1 unspecified atom stereocenters. The quantitative estimate of drug-likeness (QED) is 0.564. The molecule has 0 aromatic carbocycles. The summed E-state index contributed by atoms with van der Waals surface area (Å²) < 4.78 is 10.1. The molecule has 1 heterocycles. The molecule has 0 aromatic heterocycles. The predicted octanol–water partition coefficient (Wildman–Crippen LogP) is -0.0736. The number of carbonyl (C=O) groups is 1. The summed E-state index contributed by atoms with van der Waals surface area (Å²) in [6.07, 6.45) is -0.459. The van der Waals surface area contributed by atoms with Crippen molar-refractivity contribution in [3.63, 3.8) is 0 Å². The van der Waals surface area contributed by atoms with E-state index in [4.69, 9.17) is 4.74 Å². The second kappa shape index (κ2) is 3.41. The summed E-state index contributed by atoms with van der Waals surface area (Å²) in [6.45, 7) is 5.18. The van der Waals surface area contributed by atoms with Gasteiger partial charge in [0.1, 0.15) is 0 Å². The molecule has 0 aromatic rings. The molecule has 12 heavy (non-hydrogen) atoms. The van der Waals surface area contributed by atoms with Gasteiger partial charge in [-0.25, -0.2) is 4.79 Å². The summed E-state index contributed by atoms with van der Waals surface area (Å²) in [7, 11) is 1.37. The van der Waals surface area contributed by atoms with Crippen molar-refractivity contribution in [2.24, 2.45) is 0 Å². The van der Waals surface area contributed by atoms with Crippen LogP contribution in [-0.4, -0.2) is 37.9 Å². The van der Waals surface area contributed by atoms with Gasteiger partial charge < -0.3 is 14.8 Å². The van der Waals surface area contributed by atoms with Crippen molar-refractivity contribution >= 4 is 5.97 Å². The number of rotatable bonds is 1. The molecule has 1 aliphatic heterocycles. The molecule has 1 aliphatic rings. The predicted molar refractivity (Wildman–Crippen MR) is 43.8 cm³/mol. The number of hydrogen-bond acceptors (Lipinski definition) is 4. The van der Waals surface area contributed by atoms with E-state index in [0.29, 0.717) is 6.54 Å². The highest BCUT2D eigenvalue weighted by Crippen LogP contribution is 2.15. The molecule has 0 spiro atoms. The Hall–Kier alpha value is -0.610. The van der Waals surface area contributed by atoms with Crippen LogP contribution in [0.2, 0.25) is 0 Å². The Morgan fingerprint density at radius 1 is 1.67 bits per heavy atom. The third kappa shape index (κ3) is 2.19. The molecule has 0 saturated carbocycles. The van der Waals surface area contributed by atoms with E-state index in [1.807, 2.05) is 13.8 Å². The number of hydrogen-bond donors (Lipinski definition) is 1. The summed E-state index contributed by atoms with van der Waals surface area (Å²) in [5.74, 6) is -0.310. The smallest absolute Gasteiger partial charge is 0.336 e. The highest BCUT2D eigenvalue weighted by molar-refractivity contribution is 5.75. The zero-order valence-corrected chi connectivity index (χ0v) is 7.72. The minimum atomic E-state index is -0.459. The lowest BCUT2D eigenvalue weighted by Gasteiger charge is -2.35. The van der Waals surface area contributed by atoms with Crippen LogP contribution < -0.4 is 5.32 Å². The number of morpholine rings is 1. The largest absolute Gasteiger partial charge is 0.467 e. The fraction of sp³-hybridized carbons (Fsp3) is 0.875. The monoisotopic (exact) mass is 173 g/mol. The maximum atomic E-state index is 11.1. The van der Waals surface area contributed by atoms with Crippen molar-refractivity contribution < 1.29 is 14.3 Å². The molecule has 70 valence electrons. The Bertz CT molecular complexity index is 179. The molecule has 0 aliphatic carbocycles. The van der Waals surface area contributed by atoms with Gasteiger partial charge in [0.2, 0.25) is 0 Å². The minimum absolute atomic E-state index is 0.281. The second-order valence-electron chi connectivity index (χ2n) is 3.52. The van der Waals surface area contributed by atoms with Crippen molar-refractivity contribution in [2.45, 2.75) is 25.6 Å². The summed E-state index contributed by atoms with van der Waals surface area (Å²) >= 11 is 0. The van der Waals surface area contributed by atoms with Gasteiger partial charge in [0.15, 0.2) is 6.10 Å². The van der Waals surface area contributed by atoms with Gasteiger partial charge in [-0.15, -0.1) is 0 Å². The Morgan fingerprint density at radius 2 is 2.33 bits per heavy atom. The van der Waals surface area contributed by atoms with Crippen LogP contribution in [0.1, 0.15) is 13.8 Å². The number of methoxy groups -OCH3 is 1. The molecule has 1 atom stereocenters. The van der Waals surface area contributed by atoms with Crippen LogP contribution >= 0.6 is 0 Å². The first-order valence-corrected chi connectivity index (χ1v) is 4.01. The van der Waals surface area contributed by atoms with Gasteiger partial charge in [0, 0.05) is 13.1 Å². The van der Waals surface area contributed by atoms with Crippen molar-refractivity contribution in [3.8, 4) is 0 Å². The minimum Gasteiger partial charge on any atom is -0.467 e. The lowest BCUT2D eigenvalue weighted by Crippen LogP contribution is -2.53. The molecule has 4 nitrogen and oxygen atoms in total. The average Bonchev–Trinajstić information content (AvgIpc) is 2.01. The molecule has 1 rings (SSSR count). The normalized spacial score (nSPS) is 28.1. The topological polar surface area (TPSA) is 47.6 Å². The van der Waals surface area contributed by atoms with Crippen LogP contribution in [0, 0.1) is 0 Å². The standard InChI is InChI=1S/C8H15NO3/c1-8(2)5-9-4-6(12-8)7(10)11-3/h6,9H,4-5H2,1-3H3. The first-order valence-electron chi connectivity index (χ1n) is 4.01. The zero-order chi connectivity index (χ0) is 9.19. The molecule has 0 radical (unpaired) electrons. The Balaban J connectivity index is 2.52. The third-order valence-electron chi connectivity index (χ3n) is 1.81. The van der Waals surface area contributed by atoms with Crippen molar-refractivity contribution in [2.75, 3.05) is 20.2 Å². The SMILES string of the molecule is COC(=O)C1CNCC(C)(C)O1. The van der Waals surface area contributed by atoms with E-state index < -0.39 is 6.10 Å². The Morgan fingerprint density at radius 3 is 2.83 bits per heavy atom. The molecular weight excluding hydrogens is 158 g/mol. The maximum absolute atomic E-state index is 11.1. The third-order valence-corrected chi connectivity index (χ3v) is 1.81. The van der Waals surface area contributed by atoms with E-state index in [1.165, 1.54) is 7.11 Å². The number of nitrogens with one attached hydrogen (secondary N) is 1. The van der Waals surface area contributed by atoms with Gasteiger partial charge in [0.25, 0.3) is 0 Å². The maximum Gasteiger partial charge on any atom is 0.336 e. The van der Waals surface area contributed by atoms with Crippen LogP contribution in [0.5, 0.6) is 0 Å². The fourth-order valence-electron chi connectivity index (χ4n) is 1.24. The molecule has 4 heteroatoms. The highest BCUT2D eigenvalue weighted by Gasteiger charge is 2.32. The van der Waals surface area contributed by atoms with Crippen LogP contribution in [0.15, 0.2) is 0 Å². The molecular formula is C8H15NO3. The van der Waals surface area contributed by atoms with Crippen LogP contribution in [0.3, 0.4) is 0 Å². The van der Waals surface area contributed by atoms with Gasteiger partial charge >= 0.3 is 5.97 Å². The Labute approximate surface area is 72.2 Å². The van der Waals surface area contributed by atoms with E-state index in [2.05, 4.69) is 10.1 Å². The summed E-state index contributed by atoms with van der Waals surface area (Å²) in [5, 5.41) is 3.11. The molecule has 1 saturated heterocycles. The number of esters is 1. The molecule has 0 bridgehead atoms. The van der Waals surface area contributed by atoms with E-state index in [9.17, 15) is 4.79 Å². The van der Waals surface area contributed by atoms with E-state index in [1.54, 1.807) is 0 Å². The van der Waals surface area contributed by atoms with E-state index in [0.717, 1.165) is 6.54 Å². The van der Waals surface area contributed by atoms with Gasteiger partial charge in [-0.2, -0.15) is 0 Å². The zero-order valence-electron chi connectivity index (χ0n) is 7.72. The molecule has 1 N–H and O–H groups in total.